The zero-order chi connectivity index (χ0) is 24.4. The maximum absolute atomic E-state index is 12.5. The van der Waals surface area contributed by atoms with Crippen molar-refractivity contribution in [1.29, 1.82) is 0 Å². The molecule has 0 amide bonds. The summed E-state index contributed by atoms with van der Waals surface area (Å²) in [5.74, 6) is -0.296. The Labute approximate surface area is 206 Å². The first-order chi connectivity index (χ1) is 16.2. The molecule has 0 aliphatic carbocycles. The van der Waals surface area contributed by atoms with Gasteiger partial charge in [0, 0.05) is 47.5 Å². The summed E-state index contributed by atoms with van der Waals surface area (Å²) in [4.78, 5) is 26.9. The van der Waals surface area contributed by atoms with E-state index in [4.69, 9.17) is 21.1 Å². The second-order valence-electron chi connectivity index (χ2n) is 7.81. The molecule has 4 aromatic rings. The number of benzene rings is 4. The molecule has 0 bridgehead atoms. The standard InChI is InChI=1S/C28H21ClO4S/c1-16(2)27(30)32-25-21-7-5-6-8-22(21)26(33-28(31)17(3)4)24-15-20(13-14-23(24)25)34-19-11-9-18(29)10-12-19/h5-15H,1,3H2,2,4H3. The number of rotatable bonds is 6. The zero-order valence-corrected chi connectivity index (χ0v) is 20.3. The number of carbonyl (C=O) groups is 2. The van der Waals surface area contributed by atoms with Crippen LogP contribution in [0.25, 0.3) is 21.5 Å². The summed E-state index contributed by atoms with van der Waals surface area (Å²) in [7, 11) is 0. The molecule has 0 N–H and O–H groups in total. The van der Waals surface area contributed by atoms with Crippen LogP contribution in [0.3, 0.4) is 0 Å². The van der Waals surface area contributed by atoms with Crippen molar-refractivity contribution in [3.63, 3.8) is 0 Å². The summed E-state index contributed by atoms with van der Waals surface area (Å²) in [6.45, 7) is 10.6. The third-order valence-electron chi connectivity index (χ3n) is 5.03. The smallest absolute Gasteiger partial charge is 0.338 e. The summed E-state index contributed by atoms with van der Waals surface area (Å²) in [5.41, 5.74) is 0.562. The van der Waals surface area contributed by atoms with Crippen molar-refractivity contribution in [3.05, 3.63) is 96.1 Å². The SMILES string of the molecule is C=C(C)C(=O)Oc1c2ccccc2c(OC(=O)C(=C)C)c2cc(Sc3ccc(Cl)cc3)ccc12. The van der Waals surface area contributed by atoms with Crippen molar-refractivity contribution < 1.29 is 19.1 Å². The van der Waals surface area contributed by atoms with E-state index in [0.717, 1.165) is 9.79 Å². The summed E-state index contributed by atoms with van der Waals surface area (Å²) in [6, 6.07) is 20.5. The predicted molar refractivity (Wildman–Crippen MR) is 138 cm³/mol. The van der Waals surface area contributed by atoms with E-state index in [0.29, 0.717) is 38.1 Å². The van der Waals surface area contributed by atoms with Gasteiger partial charge in [0.2, 0.25) is 0 Å². The van der Waals surface area contributed by atoms with Crippen LogP contribution in [0.15, 0.2) is 101 Å². The van der Waals surface area contributed by atoms with Gasteiger partial charge in [0.15, 0.2) is 0 Å². The molecule has 0 aliphatic rings. The van der Waals surface area contributed by atoms with E-state index in [2.05, 4.69) is 13.2 Å². The van der Waals surface area contributed by atoms with Gasteiger partial charge < -0.3 is 9.47 Å². The Morgan fingerprint density at radius 2 is 1.18 bits per heavy atom. The van der Waals surface area contributed by atoms with Crippen LogP contribution in [-0.2, 0) is 9.59 Å². The van der Waals surface area contributed by atoms with Crippen LogP contribution in [0.5, 0.6) is 11.5 Å². The van der Waals surface area contributed by atoms with Gasteiger partial charge in [-0.1, -0.05) is 60.8 Å². The molecular formula is C28H21ClO4S. The average Bonchev–Trinajstić information content (AvgIpc) is 2.82. The normalized spacial score (nSPS) is 10.8. The molecule has 0 spiro atoms. The van der Waals surface area contributed by atoms with Gasteiger partial charge in [-0.15, -0.1) is 0 Å². The van der Waals surface area contributed by atoms with Crippen molar-refractivity contribution in [2.75, 3.05) is 0 Å². The highest BCUT2D eigenvalue weighted by Gasteiger charge is 2.21. The van der Waals surface area contributed by atoms with E-state index < -0.39 is 11.9 Å². The fourth-order valence-corrected chi connectivity index (χ4v) is 4.34. The summed E-state index contributed by atoms with van der Waals surface area (Å²) >= 11 is 7.55. The summed E-state index contributed by atoms with van der Waals surface area (Å²) in [5, 5.41) is 3.22. The number of fused-ring (bicyclic) bond motifs is 2. The lowest BCUT2D eigenvalue weighted by atomic mass is 10.0. The monoisotopic (exact) mass is 488 g/mol. The number of esters is 2. The van der Waals surface area contributed by atoms with Crippen molar-refractivity contribution in [2.24, 2.45) is 0 Å². The van der Waals surface area contributed by atoms with Crippen LogP contribution < -0.4 is 9.47 Å². The highest BCUT2D eigenvalue weighted by atomic mass is 35.5. The van der Waals surface area contributed by atoms with Crippen LogP contribution >= 0.6 is 23.4 Å². The second-order valence-corrected chi connectivity index (χ2v) is 9.39. The number of halogens is 1. The maximum Gasteiger partial charge on any atom is 0.338 e. The minimum atomic E-state index is -0.533. The minimum absolute atomic E-state index is 0.279. The molecule has 34 heavy (non-hydrogen) atoms. The summed E-state index contributed by atoms with van der Waals surface area (Å²) < 4.78 is 11.6. The molecule has 6 heteroatoms. The van der Waals surface area contributed by atoms with Gasteiger partial charge in [-0.3, -0.25) is 0 Å². The molecule has 0 fully saturated rings. The molecule has 0 heterocycles. The van der Waals surface area contributed by atoms with Gasteiger partial charge in [0.25, 0.3) is 0 Å². The van der Waals surface area contributed by atoms with Gasteiger partial charge in [0.05, 0.1) is 0 Å². The van der Waals surface area contributed by atoms with Crippen LogP contribution in [-0.4, -0.2) is 11.9 Å². The molecule has 4 rings (SSSR count). The number of carbonyl (C=O) groups excluding carboxylic acids is 2. The summed E-state index contributed by atoms with van der Waals surface area (Å²) in [6.07, 6.45) is 0. The molecular weight excluding hydrogens is 468 g/mol. The quantitative estimate of drug-likeness (QED) is 0.120. The molecule has 0 radical (unpaired) electrons. The number of hydrogen-bond acceptors (Lipinski definition) is 5. The molecule has 170 valence electrons. The lowest BCUT2D eigenvalue weighted by Crippen LogP contribution is -2.11. The first-order valence-corrected chi connectivity index (χ1v) is 11.6. The highest BCUT2D eigenvalue weighted by Crippen LogP contribution is 2.45. The lowest BCUT2D eigenvalue weighted by molar-refractivity contribution is -0.130. The van der Waals surface area contributed by atoms with Crippen molar-refractivity contribution in [2.45, 2.75) is 23.6 Å². The molecule has 0 saturated heterocycles. The van der Waals surface area contributed by atoms with Crippen molar-refractivity contribution in [3.8, 4) is 11.5 Å². The first-order valence-electron chi connectivity index (χ1n) is 10.4. The molecule has 0 atom stereocenters. The second kappa shape index (κ2) is 9.75. The Hall–Kier alpha value is -3.54. The molecule has 4 nitrogen and oxygen atoms in total. The Morgan fingerprint density at radius 3 is 1.71 bits per heavy atom. The van der Waals surface area contributed by atoms with E-state index >= 15 is 0 Å². The molecule has 4 aromatic carbocycles. The van der Waals surface area contributed by atoms with Gasteiger partial charge in [-0.05, 0) is 56.3 Å². The molecule has 0 saturated carbocycles. The predicted octanol–water partition coefficient (Wildman–Crippen LogP) is 7.76. The first kappa shape index (κ1) is 23.6. The van der Waals surface area contributed by atoms with Crippen LogP contribution in [0.1, 0.15) is 13.8 Å². The van der Waals surface area contributed by atoms with E-state index in [9.17, 15) is 9.59 Å². The zero-order valence-electron chi connectivity index (χ0n) is 18.7. The number of ether oxygens (including phenoxy) is 2. The van der Waals surface area contributed by atoms with Gasteiger partial charge in [-0.2, -0.15) is 0 Å². The van der Waals surface area contributed by atoms with E-state index in [1.165, 1.54) is 11.8 Å². The Bertz CT molecular complexity index is 1470. The van der Waals surface area contributed by atoms with Crippen LogP contribution in [0, 0.1) is 0 Å². The van der Waals surface area contributed by atoms with Gasteiger partial charge >= 0.3 is 11.9 Å². The van der Waals surface area contributed by atoms with Gasteiger partial charge in [0.1, 0.15) is 11.5 Å². The maximum atomic E-state index is 12.5. The Balaban J connectivity index is 1.96. The van der Waals surface area contributed by atoms with Crippen molar-refractivity contribution >= 4 is 56.8 Å². The Morgan fingerprint density at radius 1 is 0.706 bits per heavy atom. The molecule has 0 aromatic heterocycles. The largest absolute Gasteiger partial charge is 0.422 e. The Kier molecular flexibility index (Phi) is 6.77. The fourth-order valence-electron chi connectivity index (χ4n) is 3.36. The molecule has 0 unspecified atom stereocenters. The number of hydrogen-bond donors (Lipinski definition) is 0. The average molecular weight is 489 g/mol. The van der Waals surface area contributed by atoms with Crippen LogP contribution in [0.2, 0.25) is 5.02 Å². The van der Waals surface area contributed by atoms with E-state index in [1.54, 1.807) is 13.8 Å². The van der Waals surface area contributed by atoms with Crippen molar-refractivity contribution in [1.82, 2.24) is 0 Å². The topological polar surface area (TPSA) is 52.6 Å². The van der Waals surface area contributed by atoms with Gasteiger partial charge in [-0.25, -0.2) is 9.59 Å². The fraction of sp³-hybridized carbons (Fsp3) is 0.0714. The van der Waals surface area contributed by atoms with Crippen LogP contribution in [0.4, 0.5) is 0 Å². The molecule has 0 aliphatic heterocycles. The highest BCUT2D eigenvalue weighted by molar-refractivity contribution is 7.99. The third kappa shape index (κ3) is 4.86. The van der Waals surface area contributed by atoms with E-state index in [1.807, 2.05) is 66.7 Å². The lowest BCUT2D eigenvalue weighted by Gasteiger charge is -2.17. The third-order valence-corrected chi connectivity index (χ3v) is 6.28. The van der Waals surface area contributed by atoms with E-state index in [-0.39, 0.29) is 11.1 Å². The minimum Gasteiger partial charge on any atom is -0.422 e.